The van der Waals surface area contributed by atoms with Crippen LogP contribution < -0.4 is 5.32 Å². The molecule has 2 aliphatic rings. The van der Waals surface area contributed by atoms with Gasteiger partial charge in [-0.05, 0) is 6.92 Å². The average Bonchev–Trinajstić information content (AvgIpc) is 2.21. The van der Waals surface area contributed by atoms with Gasteiger partial charge < -0.3 is 10.1 Å². The van der Waals surface area contributed by atoms with Crippen LogP contribution in [-0.2, 0) is 14.6 Å². The van der Waals surface area contributed by atoms with Gasteiger partial charge in [-0.15, -0.1) is 0 Å². The van der Waals surface area contributed by atoms with Gasteiger partial charge in [-0.3, -0.25) is 0 Å². The molecule has 2 rings (SSSR count). The number of fused-ring (bicyclic) bond motifs is 1. The van der Waals surface area contributed by atoms with Crippen LogP contribution in [-0.4, -0.2) is 44.7 Å². The summed E-state index contributed by atoms with van der Waals surface area (Å²) in [5.41, 5.74) is 0. The van der Waals surface area contributed by atoms with Crippen LogP contribution in [0.1, 0.15) is 6.92 Å². The van der Waals surface area contributed by atoms with Crippen molar-refractivity contribution in [2.24, 2.45) is 0 Å². The molecule has 0 bridgehead atoms. The lowest BCUT2D eigenvalue weighted by Gasteiger charge is -2.30. The standard InChI is InChI=1S/C7H13NO3S/c1-5-2-8-6-3-12(9,10)4-7(6)11-5/h5-8H,2-4H2,1H3. The number of hydrogen-bond donors (Lipinski definition) is 1. The van der Waals surface area contributed by atoms with Gasteiger partial charge in [0.15, 0.2) is 9.84 Å². The summed E-state index contributed by atoms with van der Waals surface area (Å²) in [6, 6.07) is 0.0335. The molecule has 0 aromatic rings. The Morgan fingerprint density at radius 2 is 2.17 bits per heavy atom. The maximum atomic E-state index is 11.2. The molecule has 2 heterocycles. The molecule has 4 nitrogen and oxygen atoms in total. The Hall–Kier alpha value is -0.130. The van der Waals surface area contributed by atoms with Gasteiger partial charge in [0.2, 0.25) is 0 Å². The Kier molecular flexibility index (Phi) is 1.89. The zero-order valence-corrected chi connectivity index (χ0v) is 7.80. The molecule has 0 aromatic heterocycles. The highest BCUT2D eigenvalue weighted by Gasteiger charge is 2.41. The first-order valence-electron chi connectivity index (χ1n) is 4.16. The monoisotopic (exact) mass is 191 g/mol. The summed E-state index contributed by atoms with van der Waals surface area (Å²) in [6.07, 6.45) is 0.0262. The largest absolute Gasteiger partial charge is 0.371 e. The summed E-state index contributed by atoms with van der Waals surface area (Å²) >= 11 is 0. The predicted octanol–water partition coefficient (Wildman–Crippen LogP) is -0.840. The highest BCUT2D eigenvalue weighted by molar-refractivity contribution is 7.91. The van der Waals surface area contributed by atoms with E-state index >= 15 is 0 Å². The van der Waals surface area contributed by atoms with E-state index in [0.29, 0.717) is 0 Å². The maximum absolute atomic E-state index is 11.2. The van der Waals surface area contributed by atoms with Crippen molar-refractivity contribution < 1.29 is 13.2 Å². The van der Waals surface area contributed by atoms with Gasteiger partial charge in [-0.2, -0.15) is 0 Å². The highest BCUT2D eigenvalue weighted by atomic mass is 32.2. The van der Waals surface area contributed by atoms with Crippen LogP contribution in [0.2, 0.25) is 0 Å². The summed E-state index contributed by atoms with van der Waals surface area (Å²) in [5, 5.41) is 3.18. The Labute approximate surface area is 72.2 Å². The lowest BCUT2D eigenvalue weighted by Crippen LogP contribution is -2.50. The van der Waals surface area contributed by atoms with Crippen molar-refractivity contribution in [3.8, 4) is 0 Å². The molecule has 0 saturated carbocycles. The summed E-state index contributed by atoms with van der Waals surface area (Å²) in [7, 11) is -2.84. The molecule has 0 aliphatic carbocycles. The first-order valence-corrected chi connectivity index (χ1v) is 5.98. The lowest BCUT2D eigenvalue weighted by atomic mass is 10.1. The molecule has 2 aliphatic heterocycles. The molecular formula is C7H13NO3S. The molecule has 0 aromatic carbocycles. The van der Waals surface area contributed by atoms with Gasteiger partial charge >= 0.3 is 0 Å². The number of rotatable bonds is 0. The Morgan fingerprint density at radius 3 is 2.92 bits per heavy atom. The van der Waals surface area contributed by atoms with Crippen LogP contribution >= 0.6 is 0 Å². The number of sulfone groups is 1. The molecule has 3 unspecified atom stereocenters. The van der Waals surface area contributed by atoms with E-state index in [-0.39, 0.29) is 29.8 Å². The molecular weight excluding hydrogens is 178 g/mol. The molecule has 70 valence electrons. The number of nitrogens with one attached hydrogen (secondary N) is 1. The van der Waals surface area contributed by atoms with Gasteiger partial charge in [0, 0.05) is 12.6 Å². The van der Waals surface area contributed by atoms with Crippen molar-refractivity contribution in [3.05, 3.63) is 0 Å². The normalized spacial score (nSPS) is 45.6. The van der Waals surface area contributed by atoms with E-state index in [1.807, 2.05) is 6.92 Å². The third kappa shape index (κ3) is 1.48. The Balaban J connectivity index is 2.12. The van der Waals surface area contributed by atoms with Crippen molar-refractivity contribution in [2.45, 2.75) is 25.2 Å². The third-order valence-electron chi connectivity index (χ3n) is 2.38. The SMILES string of the molecule is CC1CNC2CS(=O)(=O)CC2O1. The fraction of sp³-hybridized carbons (Fsp3) is 1.00. The summed E-state index contributed by atoms with van der Waals surface area (Å²) in [5.74, 6) is 0.430. The first kappa shape index (κ1) is 8.47. The third-order valence-corrected chi connectivity index (χ3v) is 4.08. The zero-order chi connectivity index (χ0) is 8.77. The van der Waals surface area contributed by atoms with E-state index in [1.54, 1.807) is 0 Å². The smallest absolute Gasteiger partial charge is 0.154 e. The first-order chi connectivity index (χ1) is 5.57. The van der Waals surface area contributed by atoms with Crippen molar-refractivity contribution in [1.29, 1.82) is 0 Å². The van der Waals surface area contributed by atoms with Gasteiger partial charge in [0.25, 0.3) is 0 Å². The van der Waals surface area contributed by atoms with Crippen molar-refractivity contribution in [3.63, 3.8) is 0 Å². The highest BCUT2D eigenvalue weighted by Crippen LogP contribution is 2.20. The van der Waals surface area contributed by atoms with Gasteiger partial charge in [-0.25, -0.2) is 8.42 Å². The van der Waals surface area contributed by atoms with E-state index in [9.17, 15) is 8.42 Å². The molecule has 12 heavy (non-hydrogen) atoms. The van der Waals surface area contributed by atoms with Gasteiger partial charge in [0.05, 0.1) is 23.7 Å². The summed E-state index contributed by atoms with van der Waals surface area (Å²) < 4.78 is 27.9. The van der Waals surface area contributed by atoms with Gasteiger partial charge in [-0.1, -0.05) is 0 Å². The molecule has 3 atom stereocenters. The molecule has 0 spiro atoms. The lowest BCUT2D eigenvalue weighted by molar-refractivity contribution is -0.0321. The fourth-order valence-corrected chi connectivity index (χ4v) is 3.63. The second-order valence-electron chi connectivity index (χ2n) is 3.58. The molecule has 1 N–H and O–H groups in total. The minimum atomic E-state index is -2.84. The van der Waals surface area contributed by atoms with Crippen LogP contribution in [0.25, 0.3) is 0 Å². The predicted molar refractivity (Wildman–Crippen MR) is 44.8 cm³/mol. The van der Waals surface area contributed by atoms with Gasteiger partial charge in [0.1, 0.15) is 0 Å². The number of morpholine rings is 1. The Morgan fingerprint density at radius 1 is 1.42 bits per heavy atom. The molecule has 2 saturated heterocycles. The van der Waals surface area contributed by atoms with Crippen LogP contribution in [0.4, 0.5) is 0 Å². The van der Waals surface area contributed by atoms with Crippen LogP contribution in [0.5, 0.6) is 0 Å². The average molecular weight is 191 g/mol. The van der Waals surface area contributed by atoms with Crippen LogP contribution in [0.15, 0.2) is 0 Å². The summed E-state index contributed by atoms with van der Waals surface area (Å²) in [4.78, 5) is 0. The molecule has 5 heteroatoms. The topological polar surface area (TPSA) is 55.4 Å². The second-order valence-corrected chi connectivity index (χ2v) is 5.73. The molecule has 0 amide bonds. The molecule has 0 radical (unpaired) electrons. The second kappa shape index (κ2) is 2.68. The van der Waals surface area contributed by atoms with E-state index < -0.39 is 9.84 Å². The maximum Gasteiger partial charge on any atom is 0.154 e. The zero-order valence-electron chi connectivity index (χ0n) is 6.99. The summed E-state index contributed by atoms with van der Waals surface area (Å²) in [6.45, 7) is 2.71. The van der Waals surface area contributed by atoms with E-state index in [4.69, 9.17) is 4.74 Å². The van der Waals surface area contributed by atoms with E-state index in [2.05, 4.69) is 5.32 Å². The van der Waals surface area contributed by atoms with E-state index in [0.717, 1.165) is 6.54 Å². The minimum Gasteiger partial charge on any atom is -0.371 e. The van der Waals surface area contributed by atoms with Crippen molar-refractivity contribution in [2.75, 3.05) is 18.1 Å². The fourth-order valence-electron chi connectivity index (χ4n) is 1.80. The quantitative estimate of drug-likeness (QED) is 0.542. The minimum absolute atomic E-state index is 0.0335. The van der Waals surface area contributed by atoms with Crippen molar-refractivity contribution >= 4 is 9.84 Å². The van der Waals surface area contributed by atoms with E-state index in [1.165, 1.54) is 0 Å². The number of hydrogen-bond acceptors (Lipinski definition) is 4. The Bertz CT molecular complexity index is 274. The van der Waals surface area contributed by atoms with Crippen molar-refractivity contribution in [1.82, 2.24) is 5.32 Å². The molecule has 2 fully saturated rings. The van der Waals surface area contributed by atoms with Crippen LogP contribution in [0, 0.1) is 0 Å². The van der Waals surface area contributed by atoms with Crippen LogP contribution in [0.3, 0.4) is 0 Å². The number of ether oxygens (including phenoxy) is 1.